The second kappa shape index (κ2) is 6.86. The smallest absolute Gasteiger partial charge is 0.229 e. The molecule has 3 aromatic rings. The number of anilines is 3. The fraction of sp³-hybridized carbons (Fsp3) is 0.0588. The molecule has 3 rings (SSSR count). The van der Waals surface area contributed by atoms with E-state index >= 15 is 0 Å². The van der Waals surface area contributed by atoms with Gasteiger partial charge in [0, 0.05) is 17.3 Å². The minimum atomic E-state index is -3.35. The van der Waals surface area contributed by atoms with Crippen molar-refractivity contribution >= 4 is 27.2 Å². The molecule has 0 unspecified atom stereocenters. The van der Waals surface area contributed by atoms with Crippen LogP contribution in [0.4, 0.5) is 21.6 Å². The number of halogens is 1. The third-order valence-electron chi connectivity index (χ3n) is 3.23. The molecule has 0 aliphatic rings. The van der Waals surface area contributed by atoms with Gasteiger partial charge in [-0.25, -0.2) is 22.8 Å². The summed E-state index contributed by atoms with van der Waals surface area (Å²) in [7, 11) is -3.35. The van der Waals surface area contributed by atoms with E-state index in [1.165, 1.54) is 18.5 Å². The first kappa shape index (κ1) is 16.8. The van der Waals surface area contributed by atoms with Crippen molar-refractivity contribution in [3.8, 4) is 11.3 Å². The fourth-order valence-electron chi connectivity index (χ4n) is 2.25. The summed E-state index contributed by atoms with van der Waals surface area (Å²) in [5, 5.41) is 3.08. The Balaban J connectivity index is 1.84. The van der Waals surface area contributed by atoms with Gasteiger partial charge in [0.15, 0.2) is 0 Å². The Morgan fingerprint density at radius 1 is 0.960 bits per heavy atom. The predicted molar refractivity (Wildman–Crippen MR) is 95.6 cm³/mol. The highest BCUT2D eigenvalue weighted by Crippen LogP contribution is 2.23. The van der Waals surface area contributed by atoms with Gasteiger partial charge in [-0.15, -0.1) is 0 Å². The number of benzene rings is 2. The summed E-state index contributed by atoms with van der Waals surface area (Å²) in [5.74, 6) is 0.163. The van der Waals surface area contributed by atoms with E-state index in [-0.39, 0.29) is 5.82 Å². The highest BCUT2D eigenvalue weighted by atomic mass is 32.2. The summed E-state index contributed by atoms with van der Waals surface area (Å²) >= 11 is 0. The normalized spacial score (nSPS) is 11.1. The van der Waals surface area contributed by atoms with Crippen molar-refractivity contribution in [2.45, 2.75) is 0 Å². The molecule has 2 aromatic carbocycles. The molecule has 0 saturated carbocycles. The van der Waals surface area contributed by atoms with Crippen molar-refractivity contribution < 1.29 is 12.8 Å². The van der Waals surface area contributed by atoms with Crippen LogP contribution in [0.25, 0.3) is 11.3 Å². The van der Waals surface area contributed by atoms with Crippen LogP contribution in [0.2, 0.25) is 0 Å². The Labute approximate surface area is 144 Å². The van der Waals surface area contributed by atoms with E-state index in [1.807, 2.05) is 0 Å². The fourth-order valence-corrected chi connectivity index (χ4v) is 2.81. The lowest BCUT2D eigenvalue weighted by molar-refractivity contribution is 0.607. The molecule has 0 radical (unpaired) electrons. The van der Waals surface area contributed by atoms with Crippen molar-refractivity contribution in [3.05, 3.63) is 66.7 Å². The number of hydrogen-bond acceptors (Lipinski definition) is 5. The van der Waals surface area contributed by atoms with E-state index in [4.69, 9.17) is 0 Å². The number of sulfonamides is 1. The molecule has 1 heterocycles. The Morgan fingerprint density at radius 2 is 1.72 bits per heavy atom. The molecule has 0 fully saturated rings. The molecule has 2 N–H and O–H groups in total. The van der Waals surface area contributed by atoms with Crippen molar-refractivity contribution in [3.63, 3.8) is 0 Å². The molecular formula is C17H15FN4O2S. The predicted octanol–water partition coefficient (Wildman–Crippen LogP) is 3.40. The lowest BCUT2D eigenvalue weighted by Crippen LogP contribution is -2.09. The zero-order chi connectivity index (χ0) is 17.9. The van der Waals surface area contributed by atoms with Crippen LogP contribution >= 0.6 is 0 Å². The lowest BCUT2D eigenvalue weighted by atomic mass is 10.1. The molecule has 0 atom stereocenters. The Kier molecular flexibility index (Phi) is 4.62. The Morgan fingerprint density at radius 3 is 2.48 bits per heavy atom. The van der Waals surface area contributed by atoms with Crippen LogP contribution in [0.1, 0.15) is 0 Å². The summed E-state index contributed by atoms with van der Waals surface area (Å²) in [5.41, 5.74) is 2.30. The molecule has 0 spiro atoms. The van der Waals surface area contributed by atoms with Crippen LogP contribution in [0.3, 0.4) is 0 Å². The van der Waals surface area contributed by atoms with Gasteiger partial charge >= 0.3 is 0 Å². The SMILES string of the molecule is CS(=O)(=O)Nc1cccc(Nc2cc(-c3cccc(F)c3)ncn2)c1. The van der Waals surface area contributed by atoms with Gasteiger partial charge in [0.1, 0.15) is 18.0 Å². The summed E-state index contributed by atoms with van der Waals surface area (Å²) in [4.78, 5) is 8.28. The molecule has 25 heavy (non-hydrogen) atoms. The molecule has 0 saturated heterocycles. The van der Waals surface area contributed by atoms with Crippen molar-refractivity contribution in [1.29, 1.82) is 0 Å². The molecule has 1 aromatic heterocycles. The summed E-state index contributed by atoms with van der Waals surface area (Å²) < 4.78 is 38.4. The highest BCUT2D eigenvalue weighted by molar-refractivity contribution is 7.92. The van der Waals surface area contributed by atoms with Crippen LogP contribution in [-0.2, 0) is 10.0 Å². The van der Waals surface area contributed by atoms with Crippen LogP contribution in [0, 0.1) is 5.82 Å². The maximum absolute atomic E-state index is 13.4. The molecular weight excluding hydrogens is 343 g/mol. The van der Waals surface area contributed by atoms with E-state index in [2.05, 4.69) is 20.0 Å². The van der Waals surface area contributed by atoms with E-state index in [1.54, 1.807) is 42.5 Å². The average molecular weight is 358 g/mol. The summed E-state index contributed by atoms with van der Waals surface area (Å²) in [6.45, 7) is 0. The molecule has 0 aliphatic carbocycles. The summed E-state index contributed by atoms with van der Waals surface area (Å²) in [6, 6.07) is 14.6. The number of nitrogens with one attached hydrogen (secondary N) is 2. The average Bonchev–Trinajstić information content (AvgIpc) is 2.54. The molecule has 0 amide bonds. The van der Waals surface area contributed by atoms with Crippen molar-refractivity contribution in [1.82, 2.24) is 9.97 Å². The van der Waals surface area contributed by atoms with Crippen molar-refractivity contribution in [2.75, 3.05) is 16.3 Å². The van der Waals surface area contributed by atoms with Crippen LogP contribution < -0.4 is 10.0 Å². The van der Waals surface area contributed by atoms with Gasteiger partial charge in [0.25, 0.3) is 0 Å². The highest BCUT2D eigenvalue weighted by Gasteiger charge is 2.06. The van der Waals surface area contributed by atoms with Gasteiger partial charge in [-0.1, -0.05) is 18.2 Å². The second-order valence-corrected chi connectivity index (χ2v) is 7.13. The van der Waals surface area contributed by atoms with E-state index in [0.717, 1.165) is 6.26 Å². The van der Waals surface area contributed by atoms with Crippen LogP contribution in [-0.4, -0.2) is 24.6 Å². The summed E-state index contributed by atoms with van der Waals surface area (Å²) in [6.07, 6.45) is 2.46. The standard InChI is InChI=1S/C17H15FN4O2S/c1-25(23,24)22-15-7-3-6-14(9-15)21-17-10-16(19-11-20-17)12-4-2-5-13(18)8-12/h2-11,22H,1H3,(H,19,20,21). The van der Waals surface area contributed by atoms with Gasteiger partial charge in [-0.2, -0.15) is 0 Å². The minimum Gasteiger partial charge on any atom is -0.340 e. The zero-order valence-electron chi connectivity index (χ0n) is 13.3. The number of rotatable bonds is 5. The third-order valence-corrected chi connectivity index (χ3v) is 3.83. The van der Waals surface area contributed by atoms with Gasteiger partial charge < -0.3 is 5.32 Å². The van der Waals surface area contributed by atoms with Crippen molar-refractivity contribution in [2.24, 2.45) is 0 Å². The molecule has 0 bridgehead atoms. The molecule has 0 aliphatic heterocycles. The van der Waals surface area contributed by atoms with E-state index in [0.29, 0.717) is 28.5 Å². The topological polar surface area (TPSA) is 84.0 Å². The molecule has 8 heteroatoms. The monoisotopic (exact) mass is 358 g/mol. The lowest BCUT2D eigenvalue weighted by Gasteiger charge is -2.09. The third kappa shape index (κ3) is 4.74. The number of nitrogens with zero attached hydrogens (tertiary/aromatic N) is 2. The molecule has 128 valence electrons. The van der Waals surface area contributed by atoms with Gasteiger partial charge in [-0.3, -0.25) is 4.72 Å². The maximum Gasteiger partial charge on any atom is 0.229 e. The van der Waals surface area contributed by atoms with E-state index in [9.17, 15) is 12.8 Å². The van der Waals surface area contributed by atoms with Gasteiger partial charge in [0.05, 0.1) is 17.6 Å². The van der Waals surface area contributed by atoms with Crippen LogP contribution in [0.15, 0.2) is 60.9 Å². The number of hydrogen-bond donors (Lipinski definition) is 2. The van der Waals surface area contributed by atoms with E-state index < -0.39 is 10.0 Å². The number of aromatic nitrogens is 2. The largest absolute Gasteiger partial charge is 0.340 e. The van der Waals surface area contributed by atoms with Crippen LogP contribution in [0.5, 0.6) is 0 Å². The molecule has 6 nitrogen and oxygen atoms in total. The van der Waals surface area contributed by atoms with Gasteiger partial charge in [0.2, 0.25) is 10.0 Å². The first-order valence-electron chi connectivity index (χ1n) is 7.32. The first-order valence-corrected chi connectivity index (χ1v) is 9.21. The maximum atomic E-state index is 13.4. The second-order valence-electron chi connectivity index (χ2n) is 5.38. The Bertz CT molecular complexity index is 1010. The van der Waals surface area contributed by atoms with Gasteiger partial charge in [-0.05, 0) is 30.3 Å². The Hall–Kier alpha value is -3.00. The first-order chi connectivity index (χ1) is 11.9. The quantitative estimate of drug-likeness (QED) is 0.730. The zero-order valence-corrected chi connectivity index (χ0v) is 14.1. The minimum absolute atomic E-state index is 0.342.